The van der Waals surface area contributed by atoms with Crippen molar-refractivity contribution in [1.82, 2.24) is 0 Å². The van der Waals surface area contributed by atoms with Gasteiger partial charge in [-0.3, -0.25) is 0 Å². The van der Waals surface area contributed by atoms with Gasteiger partial charge < -0.3 is 14.2 Å². The van der Waals surface area contributed by atoms with E-state index in [0.29, 0.717) is 6.61 Å². The van der Waals surface area contributed by atoms with Gasteiger partial charge in [-0.15, -0.1) is 6.42 Å². The van der Waals surface area contributed by atoms with Crippen LogP contribution in [0.5, 0.6) is 0 Å². The first kappa shape index (κ1) is 13.4. The average molecular weight is 200 g/mol. The largest absolute Gasteiger partial charge is 0.369 e. The van der Waals surface area contributed by atoms with Crippen molar-refractivity contribution < 1.29 is 14.2 Å². The first-order valence-corrected chi connectivity index (χ1v) is 4.92. The first-order valence-electron chi connectivity index (χ1n) is 4.92. The second-order valence-electron chi connectivity index (χ2n) is 3.01. The van der Waals surface area contributed by atoms with E-state index >= 15 is 0 Å². The highest BCUT2D eigenvalue weighted by Gasteiger charge is 2.03. The van der Waals surface area contributed by atoms with Gasteiger partial charge >= 0.3 is 0 Å². The number of terminal acetylenes is 1. The van der Waals surface area contributed by atoms with Crippen molar-refractivity contribution in [2.75, 3.05) is 27.4 Å². The zero-order valence-electron chi connectivity index (χ0n) is 9.12. The predicted octanol–water partition coefficient (Wildman–Crippen LogP) is 1.82. The standard InChI is InChI=1S/C11H20O3/c1-4-9-14-10-7-5-6-8-11(12-2)13-3/h1,11H,5-10H2,2-3H3. The second-order valence-corrected chi connectivity index (χ2v) is 3.01. The van der Waals surface area contributed by atoms with Crippen molar-refractivity contribution in [1.29, 1.82) is 0 Å². The minimum absolute atomic E-state index is 0.0679. The van der Waals surface area contributed by atoms with Crippen LogP contribution in [0.4, 0.5) is 0 Å². The molecule has 0 amide bonds. The molecule has 3 nitrogen and oxygen atoms in total. The Labute approximate surface area is 86.7 Å². The fraction of sp³-hybridized carbons (Fsp3) is 0.818. The van der Waals surface area contributed by atoms with E-state index < -0.39 is 0 Å². The van der Waals surface area contributed by atoms with Crippen LogP contribution in [0.15, 0.2) is 0 Å². The summed E-state index contributed by atoms with van der Waals surface area (Å²) in [4.78, 5) is 0. The minimum Gasteiger partial charge on any atom is -0.369 e. The van der Waals surface area contributed by atoms with Crippen LogP contribution >= 0.6 is 0 Å². The fourth-order valence-electron chi connectivity index (χ4n) is 1.15. The highest BCUT2D eigenvalue weighted by molar-refractivity contribution is 4.82. The van der Waals surface area contributed by atoms with Gasteiger partial charge in [-0.1, -0.05) is 12.3 Å². The topological polar surface area (TPSA) is 27.7 Å². The van der Waals surface area contributed by atoms with Gasteiger partial charge in [0.2, 0.25) is 0 Å². The Bertz CT molecular complexity index is 147. The number of rotatable bonds is 9. The van der Waals surface area contributed by atoms with Crippen molar-refractivity contribution in [3.8, 4) is 12.3 Å². The quantitative estimate of drug-likeness (QED) is 0.323. The van der Waals surface area contributed by atoms with E-state index in [9.17, 15) is 0 Å². The summed E-state index contributed by atoms with van der Waals surface area (Å²) in [5.74, 6) is 2.43. The SMILES string of the molecule is C#CCOCCCCCC(OC)OC. The number of hydrogen-bond donors (Lipinski definition) is 0. The van der Waals surface area contributed by atoms with Crippen LogP contribution in [0.2, 0.25) is 0 Å². The van der Waals surface area contributed by atoms with Crippen LogP contribution in [-0.4, -0.2) is 33.7 Å². The van der Waals surface area contributed by atoms with Crippen LogP contribution < -0.4 is 0 Å². The summed E-state index contributed by atoms with van der Waals surface area (Å²) in [6, 6.07) is 0. The molecule has 0 N–H and O–H groups in total. The molecule has 0 saturated carbocycles. The van der Waals surface area contributed by atoms with Crippen LogP contribution in [-0.2, 0) is 14.2 Å². The highest BCUT2D eigenvalue weighted by Crippen LogP contribution is 2.06. The van der Waals surface area contributed by atoms with E-state index in [1.807, 2.05) is 0 Å². The molecule has 0 fully saturated rings. The first-order chi connectivity index (χ1) is 6.85. The summed E-state index contributed by atoms with van der Waals surface area (Å²) in [6.07, 6.45) is 9.15. The summed E-state index contributed by atoms with van der Waals surface area (Å²) in [5, 5.41) is 0. The van der Waals surface area contributed by atoms with E-state index in [4.69, 9.17) is 20.6 Å². The van der Waals surface area contributed by atoms with Crippen molar-refractivity contribution in [2.24, 2.45) is 0 Å². The third-order valence-electron chi connectivity index (χ3n) is 1.94. The van der Waals surface area contributed by atoms with Gasteiger partial charge in [-0.2, -0.15) is 0 Å². The van der Waals surface area contributed by atoms with Crippen LogP contribution in [0.25, 0.3) is 0 Å². The number of hydrogen-bond acceptors (Lipinski definition) is 3. The van der Waals surface area contributed by atoms with E-state index in [2.05, 4.69) is 5.92 Å². The van der Waals surface area contributed by atoms with Gasteiger partial charge in [-0.05, 0) is 19.3 Å². The van der Waals surface area contributed by atoms with Crippen molar-refractivity contribution in [2.45, 2.75) is 32.0 Å². The van der Waals surface area contributed by atoms with Gasteiger partial charge in [0.1, 0.15) is 6.61 Å². The monoisotopic (exact) mass is 200 g/mol. The molecule has 0 aliphatic rings. The molecule has 14 heavy (non-hydrogen) atoms. The lowest BCUT2D eigenvalue weighted by molar-refractivity contribution is -0.107. The lowest BCUT2D eigenvalue weighted by atomic mass is 10.2. The summed E-state index contributed by atoms with van der Waals surface area (Å²) < 4.78 is 15.3. The summed E-state index contributed by atoms with van der Waals surface area (Å²) in [7, 11) is 3.31. The van der Waals surface area contributed by atoms with Gasteiger partial charge in [0.15, 0.2) is 6.29 Å². The third-order valence-corrected chi connectivity index (χ3v) is 1.94. The summed E-state index contributed by atoms with van der Waals surface area (Å²) in [5.41, 5.74) is 0. The summed E-state index contributed by atoms with van der Waals surface area (Å²) >= 11 is 0. The molecule has 0 aliphatic heterocycles. The molecular formula is C11H20O3. The lowest BCUT2D eigenvalue weighted by Crippen LogP contribution is -2.12. The Morgan fingerprint density at radius 3 is 2.43 bits per heavy atom. The predicted molar refractivity (Wildman–Crippen MR) is 55.9 cm³/mol. The molecule has 0 aromatic carbocycles. The zero-order chi connectivity index (χ0) is 10.6. The molecule has 0 rings (SSSR count). The molecule has 0 saturated heterocycles. The Morgan fingerprint density at radius 2 is 1.86 bits per heavy atom. The van der Waals surface area contributed by atoms with Gasteiger partial charge in [0.25, 0.3) is 0 Å². The van der Waals surface area contributed by atoms with Crippen LogP contribution in [0.3, 0.4) is 0 Å². The van der Waals surface area contributed by atoms with Gasteiger partial charge in [0.05, 0.1) is 0 Å². The summed E-state index contributed by atoms with van der Waals surface area (Å²) in [6.45, 7) is 1.16. The zero-order valence-corrected chi connectivity index (χ0v) is 9.12. The van der Waals surface area contributed by atoms with E-state index in [1.165, 1.54) is 0 Å². The molecule has 3 heteroatoms. The Kier molecular flexibility index (Phi) is 10.1. The highest BCUT2D eigenvalue weighted by atomic mass is 16.7. The molecule has 0 aromatic rings. The smallest absolute Gasteiger partial charge is 0.156 e. The molecule has 0 heterocycles. The fourth-order valence-corrected chi connectivity index (χ4v) is 1.15. The molecule has 82 valence electrons. The van der Waals surface area contributed by atoms with Crippen molar-refractivity contribution >= 4 is 0 Å². The Balaban J connectivity index is 3.09. The molecule has 0 radical (unpaired) electrons. The normalized spacial score (nSPS) is 10.4. The molecule has 0 aromatic heterocycles. The number of ether oxygens (including phenoxy) is 3. The van der Waals surface area contributed by atoms with Gasteiger partial charge in [0, 0.05) is 20.8 Å². The van der Waals surface area contributed by atoms with Crippen LogP contribution in [0.1, 0.15) is 25.7 Å². The Morgan fingerprint density at radius 1 is 1.14 bits per heavy atom. The average Bonchev–Trinajstić information content (AvgIpc) is 2.22. The van der Waals surface area contributed by atoms with E-state index in [-0.39, 0.29) is 6.29 Å². The number of unbranched alkanes of at least 4 members (excludes halogenated alkanes) is 2. The molecule has 0 bridgehead atoms. The Hall–Kier alpha value is -0.560. The van der Waals surface area contributed by atoms with E-state index in [0.717, 1.165) is 32.3 Å². The maximum Gasteiger partial charge on any atom is 0.156 e. The van der Waals surface area contributed by atoms with Crippen LogP contribution in [0, 0.1) is 12.3 Å². The molecule has 0 atom stereocenters. The minimum atomic E-state index is -0.0679. The molecule has 0 spiro atoms. The number of methoxy groups -OCH3 is 2. The molecule has 0 aliphatic carbocycles. The lowest BCUT2D eigenvalue weighted by Gasteiger charge is -2.12. The second kappa shape index (κ2) is 10.5. The maximum absolute atomic E-state index is 5.14. The van der Waals surface area contributed by atoms with Crippen molar-refractivity contribution in [3.05, 3.63) is 0 Å². The van der Waals surface area contributed by atoms with E-state index in [1.54, 1.807) is 14.2 Å². The molecular weight excluding hydrogens is 180 g/mol. The molecule has 0 unspecified atom stereocenters. The van der Waals surface area contributed by atoms with Gasteiger partial charge in [-0.25, -0.2) is 0 Å². The third kappa shape index (κ3) is 8.06. The maximum atomic E-state index is 5.14. The van der Waals surface area contributed by atoms with Crippen molar-refractivity contribution in [3.63, 3.8) is 0 Å².